The van der Waals surface area contributed by atoms with Gasteiger partial charge in [0.05, 0.1) is 0 Å². The number of nitrogens with one attached hydrogen (secondary N) is 1. The predicted molar refractivity (Wildman–Crippen MR) is 115 cm³/mol. The number of hydrogen-bond donors (Lipinski definition) is 2. The first-order valence-corrected chi connectivity index (χ1v) is 10.7. The Morgan fingerprint density at radius 1 is 1.10 bits per heavy atom. The van der Waals surface area contributed by atoms with Crippen LogP contribution < -0.4 is 10.1 Å². The smallest absolute Gasteiger partial charge is 0.326 e. The number of hydrogen-bond acceptors (Lipinski definition) is 3. The van der Waals surface area contributed by atoms with Crippen LogP contribution in [0, 0.1) is 17.8 Å². The van der Waals surface area contributed by atoms with E-state index in [9.17, 15) is 9.90 Å². The van der Waals surface area contributed by atoms with Crippen molar-refractivity contribution in [1.29, 1.82) is 0 Å². The van der Waals surface area contributed by atoms with E-state index in [2.05, 4.69) is 19.2 Å². The average Bonchev–Trinajstić information content (AvgIpc) is 3.33. The van der Waals surface area contributed by atoms with Gasteiger partial charge in [-0.15, -0.1) is 0 Å². The highest BCUT2D eigenvalue weighted by Crippen LogP contribution is 2.52. The molecule has 2 aromatic rings. The summed E-state index contributed by atoms with van der Waals surface area (Å²) >= 11 is 0. The van der Waals surface area contributed by atoms with Crippen LogP contribution in [0.15, 0.2) is 54.6 Å². The number of carboxylic acid groups (broad SMARTS) is 1. The normalized spacial score (nSPS) is 24.3. The highest BCUT2D eigenvalue weighted by atomic mass is 16.5. The lowest BCUT2D eigenvalue weighted by Gasteiger charge is -2.37. The Kier molecular flexibility index (Phi) is 5.53. The van der Waals surface area contributed by atoms with Gasteiger partial charge in [0.25, 0.3) is 0 Å². The summed E-state index contributed by atoms with van der Waals surface area (Å²) in [5, 5.41) is 12.7. The number of aliphatic carboxylic acids is 1. The van der Waals surface area contributed by atoms with Gasteiger partial charge in [0.2, 0.25) is 0 Å². The third-order valence-corrected chi connectivity index (χ3v) is 6.79. The Bertz CT molecular complexity index is 831. The molecule has 4 heteroatoms. The first-order valence-electron chi connectivity index (χ1n) is 10.7. The number of benzene rings is 2. The summed E-state index contributed by atoms with van der Waals surface area (Å²) < 4.78 is 6.40. The molecule has 0 aromatic heterocycles. The number of anilines is 1. The number of fused-ring (bicyclic) bond motifs is 2. The standard InChI is InChI=1S/C25H31NO3/c1-25(2,22-15-18-8-9-19(22)14-18)29-21-12-10-20(11-13-21)26-23(24(27)28)16-17-6-4-3-5-7-17/h3-7,10-13,18-19,22-23,26H,8-9,14-16H2,1-2H3,(H,27,28)/t18?,19?,22?,23-/m0/s1. The van der Waals surface area contributed by atoms with Crippen molar-refractivity contribution >= 4 is 11.7 Å². The van der Waals surface area contributed by atoms with E-state index in [1.54, 1.807) is 0 Å². The fraction of sp³-hybridized carbons (Fsp3) is 0.480. The molecule has 0 aliphatic heterocycles. The molecule has 4 nitrogen and oxygen atoms in total. The zero-order valence-corrected chi connectivity index (χ0v) is 17.3. The van der Waals surface area contributed by atoms with Crippen LogP contribution in [0.25, 0.3) is 0 Å². The monoisotopic (exact) mass is 393 g/mol. The quantitative estimate of drug-likeness (QED) is 0.631. The highest BCUT2D eigenvalue weighted by molar-refractivity contribution is 5.77. The fourth-order valence-corrected chi connectivity index (χ4v) is 5.35. The molecule has 2 N–H and O–H groups in total. The molecule has 0 saturated heterocycles. The molecule has 0 radical (unpaired) electrons. The van der Waals surface area contributed by atoms with E-state index in [0.29, 0.717) is 12.3 Å². The third-order valence-electron chi connectivity index (χ3n) is 6.79. The van der Waals surface area contributed by atoms with Crippen LogP contribution >= 0.6 is 0 Å². The van der Waals surface area contributed by atoms with Crippen molar-refractivity contribution in [3.63, 3.8) is 0 Å². The van der Waals surface area contributed by atoms with Crippen molar-refractivity contribution in [2.45, 2.75) is 57.6 Å². The second kappa shape index (κ2) is 8.10. The van der Waals surface area contributed by atoms with Gasteiger partial charge in [0.15, 0.2) is 0 Å². The molecule has 2 fully saturated rings. The lowest BCUT2D eigenvalue weighted by molar-refractivity contribution is -0.137. The summed E-state index contributed by atoms with van der Waals surface area (Å²) in [6.45, 7) is 4.43. The maximum absolute atomic E-state index is 11.7. The summed E-state index contributed by atoms with van der Waals surface area (Å²) in [6.07, 6.45) is 5.84. The van der Waals surface area contributed by atoms with Crippen LogP contribution in [0.5, 0.6) is 5.75 Å². The molecule has 0 heterocycles. The van der Waals surface area contributed by atoms with Gasteiger partial charge >= 0.3 is 5.97 Å². The molecule has 2 aliphatic rings. The molecule has 0 amide bonds. The van der Waals surface area contributed by atoms with E-state index in [-0.39, 0.29) is 5.60 Å². The summed E-state index contributed by atoms with van der Waals surface area (Å²) in [6, 6.07) is 16.7. The molecular weight excluding hydrogens is 362 g/mol. The average molecular weight is 394 g/mol. The number of carboxylic acids is 1. The molecule has 2 aromatic carbocycles. The zero-order chi connectivity index (χ0) is 20.4. The predicted octanol–water partition coefficient (Wildman–Crippen LogP) is 5.39. The molecular formula is C25H31NO3. The van der Waals surface area contributed by atoms with Gasteiger partial charge < -0.3 is 15.2 Å². The van der Waals surface area contributed by atoms with Gasteiger partial charge in [-0.3, -0.25) is 0 Å². The molecule has 4 atom stereocenters. The summed E-state index contributed by atoms with van der Waals surface area (Å²) in [5.74, 6) is 2.33. The van der Waals surface area contributed by atoms with Crippen LogP contribution in [0.4, 0.5) is 5.69 Å². The molecule has 4 rings (SSSR count). The Balaban J connectivity index is 1.38. The third kappa shape index (κ3) is 4.58. The molecule has 29 heavy (non-hydrogen) atoms. The van der Waals surface area contributed by atoms with Crippen molar-refractivity contribution in [3.8, 4) is 5.75 Å². The topological polar surface area (TPSA) is 58.6 Å². The second-order valence-electron chi connectivity index (χ2n) is 9.24. The van der Waals surface area contributed by atoms with Crippen LogP contribution in [0.2, 0.25) is 0 Å². The van der Waals surface area contributed by atoms with Crippen molar-refractivity contribution in [2.75, 3.05) is 5.32 Å². The lowest BCUT2D eigenvalue weighted by Crippen LogP contribution is -2.40. The first kappa shape index (κ1) is 19.8. The van der Waals surface area contributed by atoms with Gasteiger partial charge in [-0.1, -0.05) is 36.8 Å². The molecule has 154 valence electrons. The van der Waals surface area contributed by atoms with Gasteiger partial charge in [-0.05, 0) is 74.8 Å². The number of ether oxygens (including phenoxy) is 1. The fourth-order valence-electron chi connectivity index (χ4n) is 5.35. The minimum Gasteiger partial charge on any atom is -0.488 e. The van der Waals surface area contributed by atoms with E-state index >= 15 is 0 Å². The largest absolute Gasteiger partial charge is 0.488 e. The minimum atomic E-state index is -0.855. The van der Waals surface area contributed by atoms with E-state index < -0.39 is 12.0 Å². The van der Waals surface area contributed by atoms with Crippen LogP contribution in [0.1, 0.15) is 45.1 Å². The van der Waals surface area contributed by atoms with Crippen LogP contribution in [-0.4, -0.2) is 22.7 Å². The maximum atomic E-state index is 11.7. The van der Waals surface area contributed by atoms with Crippen LogP contribution in [0.3, 0.4) is 0 Å². The van der Waals surface area contributed by atoms with Gasteiger partial charge in [0.1, 0.15) is 17.4 Å². The van der Waals surface area contributed by atoms with Crippen LogP contribution in [-0.2, 0) is 11.2 Å². The van der Waals surface area contributed by atoms with Gasteiger partial charge in [-0.25, -0.2) is 4.79 Å². The van der Waals surface area contributed by atoms with Gasteiger partial charge in [-0.2, -0.15) is 0 Å². The van der Waals surface area contributed by atoms with E-state index in [1.807, 2.05) is 54.6 Å². The molecule has 3 unspecified atom stereocenters. The minimum absolute atomic E-state index is 0.175. The molecule has 0 spiro atoms. The van der Waals surface area contributed by atoms with Gasteiger partial charge in [0, 0.05) is 18.0 Å². The van der Waals surface area contributed by atoms with Crippen molar-refractivity contribution in [3.05, 3.63) is 60.2 Å². The van der Waals surface area contributed by atoms with Crippen molar-refractivity contribution in [2.24, 2.45) is 17.8 Å². The number of rotatable bonds is 8. The summed E-state index contributed by atoms with van der Waals surface area (Å²) in [5.41, 5.74) is 1.62. The van der Waals surface area contributed by atoms with E-state index in [0.717, 1.165) is 28.8 Å². The summed E-state index contributed by atoms with van der Waals surface area (Å²) in [4.78, 5) is 11.7. The highest BCUT2D eigenvalue weighted by Gasteiger charge is 2.47. The SMILES string of the molecule is CC(C)(Oc1ccc(N[C@@H](Cc2ccccc2)C(=O)O)cc1)C1CC2CCC1C2. The molecule has 2 aliphatic carbocycles. The Labute approximate surface area is 173 Å². The van der Waals surface area contributed by atoms with E-state index in [1.165, 1.54) is 25.7 Å². The number of carbonyl (C=O) groups is 1. The van der Waals surface area contributed by atoms with Crippen molar-refractivity contribution < 1.29 is 14.6 Å². The first-order chi connectivity index (χ1) is 13.9. The van der Waals surface area contributed by atoms with E-state index in [4.69, 9.17) is 4.74 Å². The zero-order valence-electron chi connectivity index (χ0n) is 17.3. The summed E-state index contributed by atoms with van der Waals surface area (Å²) in [7, 11) is 0. The Hall–Kier alpha value is -2.49. The Morgan fingerprint density at radius 3 is 2.41 bits per heavy atom. The molecule has 2 saturated carbocycles. The van der Waals surface area contributed by atoms with Crippen molar-refractivity contribution in [1.82, 2.24) is 0 Å². The Morgan fingerprint density at radius 2 is 1.83 bits per heavy atom. The molecule has 2 bridgehead atoms. The second-order valence-corrected chi connectivity index (χ2v) is 9.24. The lowest BCUT2D eigenvalue weighted by atomic mass is 9.78. The maximum Gasteiger partial charge on any atom is 0.326 e.